The number of nitrogen functional groups attached to an aromatic ring is 1. The number of nitrogens with zero attached hydrogens (tertiary/aromatic N) is 2. The van der Waals surface area contributed by atoms with Crippen LogP contribution in [0.5, 0.6) is 0 Å². The number of hydrogen-bond acceptors (Lipinski definition) is 4. The third-order valence-corrected chi connectivity index (χ3v) is 3.07. The molecule has 2 rings (SSSR count). The van der Waals surface area contributed by atoms with Crippen molar-refractivity contribution in [3.05, 3.63) is 40.7 Å². The average Bonchev–Trinajstić information content (AvgIpc) is 2.70. The summed E-state index contributed by atoms with van der Waals surface area (Å²) in [5.74, 6) is -1.26. The minimum absolute atomic E-state index is 0.00108. The van der Waals surface area contributed by atoms with Gasteiger partial charge in [0.25, 0.3) is 0 Å². The summed E-state index contributed by atoms with van der Waals surface area (Å²) in [6.07, 6.45) is 1.92. The molecule has 19 heavy (non-hydrogen) atoms. The standard InChI is InChI=1S/C12H12FN3O3/c1-2-7-3-12(17)15(6-7)11-5-10(16(18)19)8(13)4-9(11)14/h2,4-5,7H,1,3,6,14H2. The molecule has 100 valence electrons. The average molecular weight is 265 g/mol. The van der Waals surface area contributed by atoms with Crippen molar-refractivity contribution in [1.29, 1.82) is 0 Å². The van der Waals surface area contributed by atoms with E-state index in [1.165, 1.54) is 4.90 Å². The van der Waals surface area contributed by atoms with Gasteiger partial charge in [0.05, 0.1) is 16.3 Å². The van der Waals surface area contributed by atoms with E-state index in [9.17, 15) is 19.3 Å². The predicted molar refractivity (Wildman–Crippen MR) is 68.1 cm³/mol. The molecule has 0 aliphatic carbocycles. The Hall–Kier alpha value is -2.44. The molecule has 0 saturated carbocycles. The molecule has 6 nitrogen and oxygen atoms in total. The highest BCUT2D eigenvalue weighted by Crippen LogP contribution is 2.34. The first kappa shape index (κ1) is 13.0. The van der Waals surface area contributed by atoms with Crippen LogP contribution in [0.15, 0.2) is 24.8 Å². The van der Waals surface area contributed by atoms with Crippen LogP contribution in [-0.4, -0.2) is 17.4 Å². The molecule has 2 N–H and O–H groups in total. The van der Waals surface area contributed by atoms with Crippen molar-refractivity contribution in [1.82, 2.24) is 0 Å². The fourth-order valence-electron chi connectivity index (χ4n) is 2.07. The zero-order chi connectivity index (χ0) is 14.2. The summed E-state index contributed by atoms with van der Waals surface area (Å²) in [6, 6.07) is 1.86. The van der Waals surface area contributed by atoms with Crippen molar-refractivity contribution in [2.75, 3.05) is 17.2 Å². The maximum Gasteiger partial charge on any atom is 0.307 e. The lowest BCUT2D eigenvalue weighted by Gasteiger charge is -2.18. The van der Waals surface area contributed by atoms with Gasteiger partial charge in [0.2, 0.25) is 11.7 Å². The van der Waals surface area contributed by atoms with Crippen LogP contribution in [-0.2, 0) is 4.79 Å². The normalized spacial score (nSPS) is 18.7. The SMILES string of the molecule is C=CC1CC(=O)N(c2cc([N+](=O)[O-])c(F)cc2N)C1. The number of carbonyl (C=O) groups excluding carboxylic acids is 1. The summed E-state index contributed by atoms with van der Waals surface area (Å²) >= 11 is 0. The molecule has 1 atom stereocenters. The molecule has 1 aromatic rings. The van der Waals surface area contributed by atoms with Crippen LogP contribution in [0.2, 0.25) is 0 Å². The molecule has 1 fully saturated rings. The third-order valence-electron chi connectivity index (χ3n) is 3.07. The third kappa shape index (κ3) is 2.26. The molecule has 1 saturated heterocycles. The summed E-state index contributed by atoms with van der Waals surface area (Å²) in [5, 5.41) is 10.7. The number of amides is 1. The maximum absolute atomic E-state index is 13.4. The van der Waals surface area contributed by atoms with Crippen molar-refractivity contribution in [2.24, 2.45) is 5.92 Å². The van der Waals surface area contributed by atoms with Crippen LogP contribution in [0.3, 0.4) is 0 Å². The Morgan fingerprint density at radius 3 is 2.79 bits per heavy atom. The van der Waals surface area contributed by atoms with Crippen LogP contribution >= 0.6 is 0 Å². The van der Waals surface area contributed by atoms with Gasteiger partial charge < -0.3 is 10.6 Å². The highest BCUT2D eigenvalue weighted by molar-refractivity contribution is 5.99. The van der Waals surface area contributed by atoms with Gasteiger partial charge in [-0.1, -0.05) is 6.08 Å². The lowest BCUT2D eigenvalue weighted by molar-refractivity contribution is -0.387. The Morgan fingerprint density at radius 1 is 1.58 bits per heavy atom. The van der Waals surface area contributed by atoms with E-state index in [1.807, 2.05) is 0 Å². The molecule has 1 aliphatic heterocycles. The van der Waals surface area contributed by atoms with Crippen LogP contribution < -0.4 is 10.6 Å². The molecule has 1 unspecified atom stereocenters. The fourth-order valence-corrected chi connectivity index (χ4v) is 2.07. The van der Waals surface area contributed by atoms with Crippen molar-refractivity contribution in [3.8, 4) is 0 Å². The molecule has 0 spiro atoms. The van der Waals surface area contributed by atoms with Crippen LogP contribution in [0.1, 0.15) is 6.42 Å². The molecule has 0 radical (unpaired) electrons. The summed E-state index contributed by atoms with van der Waals surface area (Å²) in [4.78, 5) is 23.0. The first-order chi connectivity index (χ1) is 8.93. The lowest BCUT2D eigenvalue weighted by Crippen LogP contribution is -2.25. The smallest absolute Gasteiger partial charge is 0.307 e. The Balaban J connectivity index is 2.45. The highest BCUT2D eigenvalue weighted by Gasteiger charge is 2.31. The van der Waals surface area contributed by atoms with Crippen LogP contribution in [0, 0.1) is 21.8 Å². The zero-order valence-corrected chi connectivity index (χ0v) is 10.0. The number of rotatable bonds is 3. The molecular formula is C12H12FN3O3. The molecule has 1 heterocycles. The molecule has 1 aliphatic rings. The topological polar surface area (TPSA) is 89.5 Å². The summed E-state index contributed by atoms with van der Waals surface area (Å²) in [6.45, 7) is 3.95. The van der Waals surface area contributed by atoms with Gasteiger partial charge in [-0.05, 0) is 0 Å². The quantitative estimate of drug-likeness (QED) is 0.391. The molecule has 1 amide bonds. The van der Waals surface area contributed by atoms with Gasteiger partial charge in [-0.25, -0.2) is 0 Å². The first-order valence-corrected chi connectivity index (χ1v) is 5.60. The van der Waals surface area contributed by atoms with E-state index in [-0.39, 0.29) is 29.6 Å². The number of anilines is 2. The largest absolute Gasteiger partial charge is 0.397 e. The van der Waals surface area contributed by atoms with E-state index in [0.29, 0.717) is 6.54 Å². The summed E-state index contributed by atoms with van der Waals surface area (Å²) < 4.78 is 13.4. The van der Waals surface area contributed by atoms with Gasteiger partial charge in [-0.15, -0.1) is 6.58 Å². The Morgan fingerprint density at radius 2 is 2.26 bits per heavy atom. The highest BCUT2D eigenvalue weighted by atomic mass is 19.1. The fraction of sp³-hybridized carbons (Fsp3) is 0.250. The number of nitro benzene ring substituents is 1. The van der Waals surface area contributed by atoms with Gasteiger partial charge in [-0.3, -0.25) is 14.9 Å². The van der Waals surface area contributed by atoms with Crippen molar-refractivity contribution in [2.45, 2.75) is 6.42 Å². The second-order valence-corrected chi connectivity index (χ2v) is 4.32. The molecule has 7 heteroatoms. The number of benzene rings is 1. The Labute approximate surface area is 108 Å². The van der Waals surface area contributed by atoms with Gasteiger partial charge in [-0.2, -0.15) is 4.39 Å². The van der Waals surface area contributed by atoms with Gasteiger partial charge in [0, 0.05) is 31.0 Å². The number of carbonyl (C=O) groups is 1. The zero-order valence-electron chi connectivity index (χ0n) is 10.0. The Kier molecular flexibility index (Phi) is 3.20. The predicted octanol–water partition coefficient (Wildman–Crippen LogP) is 1.85. The monoisotopic (exact) mass is 265 g/mol. The summed E-state index contributed by atoms with van der Waals surface area (Å²) in [5.41, 5.74) is 5.11. The minimum atomic E-state index is -1.02. The van der Waals surface area contributed by atoms with Crippen molar-refractivity contribution < 1.29 is 14.1 Å². The maximum atomic E-state index is 13.4. The van der Waals surface area contributed by atoms with Gasteiger partial charge in [0.15, 0.2) is 0 Å². The van der Waals surface area contributed by atoms with Crippen LogP contribution in [0.25, 0.3) is 0 Å². The number of nitro groups is 1. The number of nitrogens with two attached hydrogens (primary N) is 1. The molecule has 1 aromatic carbocycles. The second-order valence-electron chi connectivity index (χ2n) is 4.32. The van der Waals surface area contributed by atoms with Gasteiger partial charge in [0.1, 0.15) is 0 Å². The molecule has 0 aromatic heterocycles. The van der Waals surface area contributed by atoms with Crippen molar-refractivity contribution >= 4 is 23.0 Å². The van der Waals surface area contributed by atoms with E-state index in [4.69, 9.17) is 5.73 Å². The number of hydrogen-bond donors (Lipinski definition) is 1. The second kappa shape index (κ2) is 4.68. The number of halogens is 1. The first-order valence-electron chi connectivity index (χ1n) is 5.60. The van der Waals surface area contributed by atoms with Crippen LogP contribution in [0.4, 0.5) is 21.5 Å². The van der Waals surface area contributed by atoms with Crippen molar-refractivity contribution in [3.63, 3.8) is 0 Å². The Bertz CT molecular complexity index is 574. The van der Waals surface area contributed by atoms with Gasteiger partial charge >= 0.3 is 5.69 Å². The minimum Gasteiger partial charge on any atom is -0.397 e. The molecular weight excluding hydrogens is 253 g/mol. The van der Waals surface area contributed by atoms with E-state index in [1.54, 1.807) is 6.08 Å². The summed E-state index contributed by atoms with van der Waals surface area (Å²) in [7, 11) is 0. The van der Waals surface area contributed by atoms with E-state index in [2.05, 4.69) is 6.58 Å². The van der Waals surface area contributed by atoms with E-state index in [0.717, 1.165) is 12.1 Å². The van der Waals surface area contributed by atoms with E-state index < -0.39 is 16.4 Å². The van der Waals surface area contributed by atoms with E-state index >= 15 is 0 Å². The molecule has 0 bridgehead atoms. The lowest BCUT2D eigenvalue weighted by atomic mass is 10.1.